The zero-order valence-corrected chi connectivity index (χ0v) is 10.4. The number of hydrogen-bond donors (Lipinski definition) is 2. The molecule has 1 aromatic carbocycles. The molecule has 0 atom stereocenters. The van der Waals surface area contributed by atoms with Crippen molar-refractivity contribution in [3.05, 3.63) is 24.3 Å². The molecule has 1 aromatic rings. The van der Waals surface area contributed by atoms with Crippen LogP contribution < -0.4 is 10.2 Å². The molecule has 0 aromatic heterocycles. The Kier molecular flexibility index (Phi) is 6.74. The van der Waals surface area contributed by atoms with Crippen molar-refractivity contribution in [3.63, 3.8) is 0 Å². The maximum absolute atomic E-state index is 8.93. The van der Waals surface area contributed by atoms with Crippen LogP contribution in [-0.2, 0) is 0 Å². The van der Waals surface area contributed by atoms with Crippen LogP contribution in [0.25, 0.3) is 0 Å². The normalized spacial score (nSPS) is 10.3. The maximum Gasteiger partial charge on any atom is 0.488 e. The molecular weight excluding hydrogens is 215 g/mol. The molecule has 3 nitrogen and oxygen atoms in total. The molecular formula is C13H21BO3. The van der Waals surface area contributed by atoms with Gasteiger partial charge in [-0.25, -0.2) is 0 Å². The van der Waals surface area contributed by atoms with E-state index < -0.39 is 7.12 Å². The average molecular weight is 236 g/mol. The first-order valence-electron chi connectivity index (χ1n) is 6.33. The summed E-state index contributed by atoms with van der Waals surface area (Å²) in [5.74, 6) is 0.782. The molecule has 0 saturated carbocycles. The van der Waals surface area contributed by atoms with Crippen LogP contribution in [0.3, 0.4) is 0 Å². The molecule has 17 heavy (non-hydrogen) atoms. The lowest BCUT2D eigenvalue weighted by molar-refractivity contribution is 0.304. The molecule has 0 amide bonds. The van der Waals surface area contributed by atoms with Crippen LogP contribution in [0.1, 0.15) is 39.0 Å². The van der Waals surface area contributed by atoms with Crippen LogP contribution in [0.5, 0.6) is 5.75 Å². The minimum atomic E-state index is -1.40. The van der Waals surface area contributed by atoms with Crippen molar-refractivity contribution in [3.8, 4) is 5.75 Å². The topological polar surface area (TPSA) is 49.7 Å². The summed E-state index contributed by atoms with van der Waals surface area (Å²) in [5, 5.41) is 17.9. The second-order valence-electron chi connectivity index (χ2n) is 4.21. The highest BCUT2D eigenvalue weighted by molar-refractivity contribution is 6.58. The summed E-state index contributed by atoms with van der Waals surface area (Å²) in [6, 6.07) is 6.86. The summed E-state index contributed by atoms with van der Waals surface area (Å²) in [4.78, 5) is 0. The van der Waals surface area contributed by atoms with Crippen molar-refractivity contribution in [1.82, 2.24) is 0 Å². The van der Waals surface area contributed by atoms with Crippen molar-refractivity contribution in [2.75, 3.05) is 6.61 Å². The molecule has 94 valence electrons. The standard InChI is InChI=1S/C13H21BO3/c1-2-3-4-5-6-11-17-13-9-7-12(8-10-13)14(15)16/h7-10,15-16H,2-6,11H2,1H3. The molecule has 0 unspecified atom stereocenters. The number of benzene rings is 1. The fourth-order valence-corrected chi connectivity index (χ4v) is 1.63. The number of unbranched alkanes of at least 4 members (excludes halogenated alkanes) is 4. The number of ether oxygens (including phenoxy) is 1. The molecule has 0 aliphatic heterocycles. The maximum atomic E-state index is 8.93. The zero-order chi connectivity index (χ0) is 12.5. The lowest BCUT2D eigenvalue weighted by atomic mass is 9.80. The Bertz CT molecular complexity index is 298. The van der Waals surface area contributed by atoms with Gasteiger partial charge in [0.15, 0.2) is 0 Å². The van der Waals surface area contributed by atoms with Gasteiger partial charge in [0.25, 0.3) is 0 Å². The van der Waals surface area contributed by atoms with Crippen molar-refractivity contribution < 1.29 is 14.8 Å². The van der Waals surface area contributed by atoms with E-state index in [4.69, 9.17) is 14.8 Å². The highest BCUT2D eigenvalue weighted by Gasteiger charge is 2.09. The zero-order valence-electron chi connectivity index (χ0n) is 10.4. The predicted molar refractivity (Wildman–Crippen MR) is 70.5 cm³/mol. The second kappa shape index (κ2) is 8.15. The van der Waals surface area contributed by atoms with E-state index in [-0.39, 0.29) is 0 Å². The van der Waals surface area contributed by atoms with Crippen molar-refractivity contribution in [1.29, 1.82) is 0 Å². The Morgan fingerprint density at radius 3 is 2.24 bits per heavy atom. The molecule has 2 N–H and O–H groups in total. The van der Waals surface area contributed by atoms with E-state index in [1.54, 1.807) is 24.3 Å². The molecule has 0 saturated heterocycles. The van der Waals surface area contributed by atoms with Gasteiger partial charge in [0.05, 0.1) is 6.61 Å². The molecule has 0 spiro atoms. The van der Waals surface area contributed by atoms with Gasteiger partial charge in [0.2, 0.25) is 0 Å². The molecule has 4 heteroatoms. The molecule has 1 rings (SSSR count). The lowest BCUT2D eigenvalue weighted by Gasteiger charge is -2.06. The van der Waals surface area contributed by atoms with E-state index in [1.165, 1.54) is 25.7 Å². The third-order valence-corrected chi connectivity index (χ3v) is 2.69. The Hall–Kier alpha value is -0.995. The first-order chi connectivity index (χ1) is 8.24. The number of rotatable bonds is 8. The Balaban J connectivity index is 2.19. The molecule has 0 bridgehead atoms. The Morgan fingerprint density at radius 1 is 1.00 bits per heavy atom. The predicted octanol–water partition coefficient (Wildman–Crippen LogP) is 1.72. The first-order valence-corrected chi connectivity index (χ1v) is 6.33. The van der Waals surface area contributed by atoms with E-state index in [0.717, 1.165) is 18.8 Å². The van der Waals surface area contributed by atoms with Gasteiger partial charge in [-0.15, -0.1) is 0 Å². The fraction of sp³-hybridized carbons (Fsp3) is 0.538. The van der Waals surface area contributed by atoms with Gasteiger partial charge >= 0.3 is 7.12 Å². The van der Waals surface area contributed by atoms with Crippen LogP contribution >= 0.6 is 0 Å². The summed E-state index contributed by atoms with van der Waals surface area (Å²) < 4.78 is 5.56. The monoisotopic (exact) mass is 236 g/mol. The summed E-state index contributed by atoms with van der Waals surface area (Å²) in [6.07, 6.45) is 6.11. The van der Waals surface area contributed by atoms with Gasteiger partial charge in [0.1, 0.15) is 5.75 Å². The van der Waals surface area contributed by atoms with E-state index in [2.05, 4.69) is 6.92 Å². The first kappa shape index (κ1) is 14.1. The summed E-state index contributed by atoms with van der Waals surface area (Å²) in [5.41, 5.74) is 0.486. The largest absolute Gasteiger partial charge is 0.494 e. The summed E-state index contributed by atoms with van der Waals surface area (Å²) in [7, 11) is -1.40. The van der Waals surface area contributed by atoms with Gasteiger partial charge in [-0.1, -0.05) is 44.7 Å². The molecule has 0 aliphatic carbocycles. The van der Waals surface area contributed by atoms with Gasteiger partial charge in [-0.2, -0.15) is 0 Å². The minimum Gasteiger partial charge on any atom is -0.494 e. The van der Waals surface area contributed by atoms with Crippen LogP contribution in [0.4, 0.5) is 0 Å². The van der Waals surface area contributed by atoms with Gasteiger partial charge in [-0.05, 0) is 24.0 Å². The van der Waals surface area contributed by atoms with Crippen LogP contribution in [0, 0.1) is 0 Å². The lowest BCUT2D eigenvalue weighted by Crippen LogP contribution is -2.29. The van der Waals surface area contributed by atoms with Crippen molar-refractivity contribution >= 4 is 12.6 Å². The van der Waals surface area contributed by atoms with E-state index in [0.29, 0.717) is 5.46 Å². The second-order valence-corrected chi connectivity index (χ2v) is 4.21. The van der Waals surface area contributed by atoms with Crippen molar-refractivity contribution in [2.45, 2.75) is 39.0 Å². The van der Waals surface area contributed by atoms with E-state index in [9.17, 15) is 0 Å². The van der Waals surface area contributed by atoms with Gasteiger partial charge in [-0.3, -0.25) is 0 Å². The highest BCUT2D eigenvalue weighted by atomic mass is 16.5. The Labute approximate surface area is 104 Å². The quantitative estimate of drug-likeness (QED) is 0.533. The van der Waals surface area contributed by atoms with Crippen molar-refractivity contribution in [2.24, 2.45) is 0 Å². The molecule has 0 aliphatic rings. The molecule has 0 heterocycles. The van der Waals surface area contributed by atoms with E-state index >= 15 is 0 Å². The van der Waals surface area contributed by atoms with Crippen LogP contribution in [0.2, 0.25) is 0 Å². The molecule has 0 radical (unpaired) electrons. The van der Waals surface area contributed by atoms with E-state index in [1.807, 2.05) is 0 Å². The van der Waals surface area contributed by atoms with Gasteiger partial charge < -0.3 is 14.8 Å². The number of hydrogen-bond acceptors (Lipinski definition) is 3. The van der Waals surface area contributed by atoms with Crippen LogP contribution in [0.15, 0.2) is 24.3 Å². The van der Waals surface area contributed by atoms with Gasteiger partial charge in [0, 0.05) is 0 Å². The summed E-state index contributed by atoms with van der Waals surface area (Å²) in [6.45, 7) is 2.93. The average Bonchev–Trinajstić information content (AvgIpc) is 2.34. The smallest absolute Gasteiger partial charge is 0.488 e. The summed E-state index contributed by atoms with van der Waals surface area (Å²) >= 11 is 0. The fourth-order valence-electron chi connectivity index (χ4n) is 1.63. The highest BCUT2D eigenvalue weighted by Crippen LogP contribution is 2.09. The minimum absolute atomic E-state index is 0.486. The molecule has 0 fully saturated rings. The van der Waals surface area contributed by atoms with Crippen LogP contribution in [-0.4, -0.2) is 23.8 Å². The third-order valence-electron chi connectivity index (χ3n) is 2.69. The third kappa shape index (κ3) is 5.75. The Morgan fingerprint density at radius 2 is 1.65 bits per heavy atom. The SMILES string of the molecule is CCCCCCCOc1ccc(B(O)O)cc1.